The predicted molar refractivity (Wildman–Crippen MR) is 74.4 cm³/mol. The van der Waals surface area contributed by atoms with E-state index in [0.29, 0.717) is 12.5 Å². The molecule has 1 heterocycles. The Labute approximate surface area is 113 Å². The Morgan fingerprint density at radius 2 is 1.95 bits per heavy atom. The summed E-state index contributed by atoms with van der Waals surface area (Å²) in [5.74, 6) is 1.41. The van der Waals surface area contributed by atoms with Gasteiger partial charge in [0.1, 0.15) is 5.75 Å². The van der Waals surface area contributed by atoms with Crippen molar-refractivity contribution in [1.82, 2.24) is 0 Å². The maximum Gasteiger partial charge on any atom is 0.200 e. The molecular formula is C17H16O2. The van der Waals surface area contributed by atoms with Crippen molar-refractivity contribution in [2.24, 2.45) is 0 Å². The minimum Gasteiger partial charge on any atom is -0.465 e. The molecule has 2 aliphatic rings. The average molecular weight is 252 g/mol. The van der Waals surface area contributed by atoms with E-state index in [4.69, 9.17) is 9.47 Å². The highest BCUT2D eigenvalue weighted by molar-refractivity contribution is 5.81. The Hall–Kier alpha value is -1.80. The van der Waals surface area contributed by atoms with Crippen molar-refractivity contribution in [2.45, 2.75) is 25.6 Å². The molecule has 1 aliphatic carbocycles. The molecule has 2 nitrogen and oxygen atoms in total. The van der Waals surface area contributed by atoms with Gasteiger partial charge in [-0.2, -0.15) is 0 Å². The summed E-state index contributed by atoms with van der Waals surface area (Å²) in [4.78, 5) is 0. The van der Waals surface area contributed by atoms with Crippen molar-refractivity contribution < 1.29 is 9.47 Å². The summed E-state index contributed by atoms with van der Waals surface area (Å²) >= 11 is 0. The molecule has 0 saturated carbocycles. The second-order valence-electron chi connectivity index (χ2n) is 5.10. The van der Waals surface area contributed by atoms with Crippen molar-refractivity contribution in [1.29, 1.82) is 0 Å². The minimum atomic E-state index is -0.121. The van der Waals surface area contributed by atoms with Crippen LogP contribution >= 0.6 is 0 Å². The first-order valence-electron chi connectivity index (χ1n) is 6.89. The molecule has 0 amide bonds. The Morgan fingerprint density at radius 3 is 2.84 bits per heavy atom. The first-order chi connectivity index (χ1) is 9.38. The van der Waals surface area contributed by atoms with E-state index in [1.807, 2.05) is 6.92 Å². The number of benzene rings is 2. The van der Waals surface area contributed by atoms with E-state index < -0.39 is 0 Å². The SMILES string of the molecule is CCOC1CC2c3ccccc3-c3cccc(c32)O1. The zero-order valence-corrected chi connectivity index (χ0v) is 10.9. The zero-order chi connectivity index (χ0) is 12.8. The molecule has 4 rings (SSSR count). The minimum absolute atomic E-state index is 0.121. The lowest BCUT2D eigenvalue weighted by atomic mass is 9.91. The molecule has 2 aromatic carbocycles. The third-order valence-electron chi connectivity index (χ3n) is 4.08. The summed E-state index contributed by atoms with van der Waals surface area (Å²) < 4.78 is 11.7. The zero-order valence-electron chi connectivity index (χ0n) is 10.9. The molecule has 0 fully saturated rings. The maximum absolute atomic E-state index is 5.97. The molecule has 2 atom stereocenters. The summed E-state index contributed by atoms with van der Waals surface area (Å²) in [6, 6.07) is 15.0. The molecule has 19 heavy (non-hydrogen) atoms. The van der Waals surface area contributed by atoms with Crippen LogP contribution in [0.25, 0.3) is 11.1 Å². The van der Waals surface area contributed by atoms with Crippen molar-refractivity contribution in [3.8, 4) is 16.9 Å². The Kier molecular flexibility index (Phi) is 2.39. The molecular weight excluding hydrogens is 236 g/mol. The van der Waals surface area contributed by atoms with Crippen LogP contribution in [0.1, 0.15) is 30.4 Å². The number of rotatable bonds is 2. The van der Waals surface area contributed by atoms with Crippen LogP contribution in [0.3, 0.4) is 0 Å². The summed E-state index contributed by atoms with van der Waals surface area (Å²) in [7, 11) is 0. The van der Waals surface area contributed by atoms with Crippen molar-refractivity contribution in [3.05, 3.63) is 53.6 Å². The van der Waals surface area contributed by atoms with Gasteiger partial charge in [0.2, 0.25) is 6.29 Å². The van der Waals surface area contributed by atoms with Crippen molar-refractivity contribution >= 4 is 0 Å². The van der Waals surface area contributed by atoms with Crippen molar-refractivity contribution in [3.63, 3.8) is 0 Å². The van der Waals surface area contributed by atoms with Crippen LogP contribution < -0.4 is 4.74 Å². The van der Waals surface area contributed by atoms with Crippen LogP contribution in [-0.4, -0.2) is 12.9 Å². The molecule has 2 heteroatoms. The number of hydrogen-bond donors (Lipinski definition) is 0. The first-order valence-corrected chi connectivity index (χ1v) is 6.89. The third-order valence-corrected chi connectivity index (χ3v) is 4.08. The standard InChI is InChI=1S/C17H16O2/c1-2-18-16-10-14-12-7-4-3-6-11(12)13-8-5-9-15(19-16)17(13)14/h3-9,14,16H,2,10H2,1H3. The van der Waals surface area contributed by atoms with Crippen LogP contribution in [0.5, 0.6) is 5.75 Å². The van der Waals surface area contributed by atoms with Gasteiger partial charge in [0, 0.05) is 24.5 Å². The van der Waals surface area contributed by atoms with Gasteiger partial charge in [-0.05, 0) is 29.7 Å². The lowest BCUT2D eigenvalue weighted by Crippen LogP contribution is -2.27. The van der Waals surface area contributed by atoms with Crippen LogP contribution in [0.4, 0.5) is 0 Å². The quantitative estimate of drug-likeness (QED) is 0.806. The summed E-state index contributed by atoms with van der Waals surface area (Å²) in [6.45, 7) is 2.70. The molecule has 96 valence electrons. The second-order valence-corrected chi connectivity index (χ2v) is 5.10. The van der Waals surface area contributed by atoms with E-state index in [1.54, 1.807) is 0 Å². The molecule has 0 N–H and O–H groups in total. The molecule has 2 unspecified atom stereocenters. The topological polar surface area (TPSA) is 18.5 Å². The first kappa shape index (κ1) is 11.1. The van der Waals surface area contributed by atoms with E-state index in [0.717, 1.165) is 12.2 Å². The normalized spacial score (nSPS) is 22.6. The van der Waals surface area contributed by atoms with Crippen LogP contribution in [0.2, 0.25) is 0 Å². The summed E-state index contributed by atoms with van der Waals surface area (Å²) in [5.41, 5.74) is 5.44. The molecule has 1 aliphatic heterocycles. The average Bonchev–Trinajstić information content (AvgIpc) is 2.77. The van der Waals surface area contributed by atoms with E-state index in [-0.39, 0.29) is 6.29 Å². The monoisotopic (exact) mass is 252 g/mol. The second kappa shape index (κ2) is 4.10. The van der Waals surface area contributed by atoms with Crippen LogP contribution in [0, 0.1) is 0 Å². The fourth-order valence-corrected chi connectivity index (χ4v) is 3.36. The Morgan fingerprint density at radius 1 is 1.11 bits per heavy atom. The lowest BCUT2D eigenvalue weighted by molar-refractivity contribution is -0.0889. The van der Waals surface area contributed by atoms with Gasteiger partial charge in [-0.1, -0.05) is 36.4 Å². The van der Waals surface area contributed by atoms with Gasteiger partial charge < -0.3 is 9.47 Å². The van der Waals surface area contributed by atoms with Gasteiger partial charge in [0.15, 0.2) is 0 Å². The van der Waals surface area contributed by atoms with Gasteiger partial charge in [-0.3, -0.25) is 0 Å². The largest absolute Gasteiger partial charge is 0.465 e. The van der Waals surface area contributed by atoms with E-state index in [9.17, 15) is 0 Å². The predicted octanol–water partition coefficient (Wildman–Crippen LogP) is 3.94. The highest BCUT2D eigenvalue weighted by Crippen LogP contribution is 2.53. The molecule has 0 saturated heterocycles. The van der Waals surface area contributed by atoms with Gasteiger partial charge in [-0.25, -0.2) is 0 Å². The van der Waals surface area contributed by atoms with Crippen LogP contribution in [0.15, 0.2) is 42.5 Å². The summed E-state index contributed by atoms with van der Waals surface area (Å²) in [6.07, 6.45) is 0.790. The Balaban J connectivity index is 1.89. The van der Waals surface area contributed by atoms with E-state index >= 15 is 0 Å². The summed E-state index contributed by atoms with van der Waals surface area (Å²) in [5, 5.41) is 0. The fourth-order valence-electron chi connectivity index (χ4n) is 3.36. The molecule has 0 aromatic heterocycles. The lowest BCUT2D eigenvalue weighted by Gasteiger charge is -2.30. The highest BCUT2D eigenvalue weighted by atomic mass is 16.7. The van der Waals surface area contributed by atoms with Gasteiger partial charge in [0.05, 0.1) is 0 Å². The Bertz CT molecular complexity index is 633. The molecule has 0 spiro atoms. The van der Waals surface area contributed by atoms with E-state index in [2.05, 4.69) is 42.5 Å². The van der Waals surface area contributed by atoms with Gasteiger partial charge >= 0.3 is 0 Å². The maximum atomic E-state index is 5.97. The molecule has 0 bridgehead atoms. The van der Waals surface area contributed by atoms with Crippen LogP contribution in [-0.2, 0) is 4.74 Å². The molecule has 2 aromatic rings. The van der Waals surface area contributed by atoms with Gasteiger partial charge in [0.25, 0.3) is 0 Å². The number of fused-ring (bicyclic) bond motifs is 3. The number of hydrogen-bond acceptors (Lipinski definition) is 2. The van der Waals surface area contributed by atoms with Gasteiger partial charge in [-0.15, -0.1) is 0 Å². The third kappa shape index (κ3) is 1.53. The molecule has 0 radical (unpaired) electrons. The number of ether oxygens (including phenoxy) is 2. The fraction of sp³-hybridized carbons (Fsp3) is 0.294. The van der Waals surface area contributed by atoms with Crippen molar-refractivity contribution in [2.75, 3.05) is 6.61 Å². The highest BCUT2D eigenvalue weighted by Gasteiger charge is 2.37. The smallest absolute Gasteiger partial charge is 0.200 e. The van der Waals surface area contributed by atoms with E-state index in [1.165, 1.54) is 22.3 Å².